The van der Waals surface area contributed by atoms with Gasteiger partial charge in [0.15, 0.2) is 0 Å². The summed E-state index contributed by atoms with van der Waals surface area (Å²) in [6.07, 6.45) is 1.85. The zero-order valence-electron chi connectivity index (χ0n) is 21.0. The van der Waals surface area contributed by atoms with E-state index in [9.17, 15) is 0 Å². The van der Waals surface area contributed by atoms with Crippen molar-refractivity contribution in [3.05, 3.63) is 128 Å². The van der Waals surface area contributed by atoms with E-state index in [0.717, 1.165) is 33.1 Å². The van der Waals surface area contributed by atoms with Gasteiger partial charge < -0.3 is 0 Å². The van der Waals surface area contributed by atoms with Crippen LogP contribution in [0.3, 0.4) is 0 Å². The third-order valence-electron chi connectivity index (χ3n) is 8.17. The van der Waals surface area contributed by atoms with E-state index in [4.69, 9.17) is 9.97 Å². The molecule has 180 valence electrons. The molecule has 39 heavy (non-hydrogen) atoms. The molecule has 0 unspecified atom stereocenters. The van der Waals surface area contributed by atoms with Crippen molar-refractivity contribution in [1.29, 1.82) is 0 Å². The first kappa shape index (κ1) is 20.7. The summed E-state index contributed by atoms with van der Waals surface area (Å²) in [5.74, 6) is 0.900. The number of para-hydroxylation sites is 1. The van der Waals surface area contributed by atoms with Gasteiger partial charge in [-0.25, -0.2) is 4.98 Å². The normalized spacial score (nSPS) is 12.1. The first-order chi connectivity index (χ1) is 19.4. The van der Waals surface area contributed by atoms with Crippen LogP contribution >= 0.6 is 0 Å². The third-order valence-corrected chi connectivity index (χ3v) is 8.17. The summed E-state index contributed by atoms with van der Waals surface area (Å²) < 4.78 is 2.35. The van der Waals surface area contributed by atoms with Crippen molar-refractivity contribution in [1.82, 2.24) is 14.5 Å². The van der Waals surface area contributed by atoms with Crippen molar-refractivity contribution in [2.24, 2.45) is 0 Å². The lowest BCUT2D eigenvalue weighted by molar-refractivity contribution is 1.11. The lowest BCUT2D eigenvalue weighted by atomic mass is 9.93. The quantitative estimate of drug-likeness (QED) is 0.212. The Morgan fingerprint density at radius 1 is 0.436 bits per heavy atom. The van der Waals surface area contributed by atoms with E-state index in [1.165, 1.54) is 48.6 Å². The summed E-state index contributed by atoms with van der Waals surface area (Å²) in [4.78, 5) is 9.99. The topological polar surface area (TPSA) is 30.7 Å². The second-order valence-electron chi connectivity index (χ2n) is 10.2. The fourth-order valence-corrected chi connectivity index (χ4v) is 6.52. The fourth-order valence-electron chi connectivity index (χ4n) is 6.52. The molecule has 3 heteroatoms. The molecule has 0 bridgehead atoms. The van der Waals surface area contributed by atoms with Crippen LogP contribution in [-0.4, -0.2) is 14.5 Å². The smallest absolute Gasteiger partial charge is 0.138 e. The lowest BCUT2D eigenvalue weighted by Gasteiger charge is -2.14. The van der Waals surface area contributed by atoms with Gasteiger partial charge in [0.05, 0.1) is 22.1 Å². The Labute approximate surface area is 223 Å². The molecule has 9 rings (SSSR count). The Hall–Kier alpha value is -5.28. The molecule has 6 aromatic carbocycles. The summed E-state index contributed by atoms with van der Waals surface area (Å²) >= 11 is 0. The maximum Gasteiger partial charge on any atom is 0.138 e. The van der Waals surface area contributed by atoms with Crippen LogP contribution in [-0.2, 0) is 0 Å². The number of aromatic nitrogens is 3. The van der Waals surface area contributed by atoms with Crippen LogP contribution in [0.15, 0.2) is 128 Å². The average molecular weight is 496 g/mol. The molecular formula is C36H21N3. The van der Waals surface area contributed by atoms with Crippen molar-refractivity contribution in [2.45, 2.75) is 0 Å². The van der Waals surface area contributed by atoms with E-state index in [2.05, 4.69) is 120 Å². The van der Waals surface area contributed by atoms with Crippen molar-refractivity contribution >= 4 is 75.9 Å². The number of pyridine rings is 2. The Morgan fingerprint density at radius 3 is 2.00 bits per heavy atom. The predicted octanol–water partition coefficient (Wildman–Crippen LogP) is 9.34. The number of hydrogen-bond acceptors (Lipinski definition) is 2. The summed E-state index contributed by atoms with van der Waals surface area (Å²) in [5, 5.41) is 12.3. The van der Waals surface area contributed by atoms with E-state index in [1.54, 1.807) is 0 Å². The monoisotopic (exact) mass is 495 g/mol. The molecule has 0 aliphatic carbocycles. The molecular weight excluding hydrogens is 474 g/mol. The van der Waals surface area contributed by atoms with E-state index in [-0.39, 0.29) is 0 Å². The Morgan fingerprint density at radius 2 is 1.10 bits per heavy atom. The summed E-state index contributed by atoms with van der Waals surface area (Å²) in [7, 11) is 0. The molecule has 0 saturated carbocycles. The van der Waals surface area contributed by atoms with E-state index in [1.807, 2.05) is 12.3 Å². The highest BCUT2D eigenvalue weighted by molar-refractivity contribution is 6.36. The van der Waals surface area contributed by atoms with Gasteiger partial charge >= 0.3 is 0 Å². The Balaban J connectivity index is 1.53. The average Bonchev–Trinajstić information content (AvgIpc) is 3.36. The molecule has 0 spiro atoms. The highest BCUT2D eigenvalue weighted by Gasteiger charge is 2.20. The second kappa shape index (κ2) is 7.62. The van der Waals surface area contributed by atoms with Gasteiger partial charge in [0, 0.05) is 33.1 Å². The number of rotatable bonds is 1. The van der Waals surface area contributed by atoms with Gasteiger partial charge in [-0.3, -0.25) is 9.55 Å². The van der Waals surface area contributed by atoms with Gasteiger partial charge in [-0.2, -0.15) is 0 Å². The molecule has 0 N–H and O–H groups in total. The molecule has 3 heterocycles. The highest BCUT2D eigenvalue weighted by atomic mass is 15.1. The maximum absolute atomic E-state index is 5.28. The van der Waals surface area contributed by atoms with Crippen LogP contribution in [0.25, 0.3) is 81.7 Å². The van der Waals surface area contributed by atoms with Crippen molar-refractivity contribution in [3.8, 4) is 5.82 Å². The van der Waals surface area contributed by atoms with Crippen LogP contribution in [0.2, 0.25) is 0 Å². The summed E-state index contributed by atoms with van der Waals surface area (Å²) in [6, 6.07) is 43.4. The molecule has 0 atom stereocenters. The van der Waals surface area contributed by atoms with Crippen LogP contribution in [0.4, 0.5) is 0 Å². The third kappa shape index (κ3) is 2.76. The molecule has 0 radical (unpaired) electrons. The molecule has 3 aromatic heterocycles. The van der Waals surface area contributed by atoms with Crippen LogP contribution in [0.5, 0.6) is 0 Å². The second-order valence-corrected chi connectivity index (χ2v) is 10.2. The minimum absolute atomic E-state index is 0.900. The lowest BCUT2D eigenvalue weighted by Crippen LogP contribution is -1.99. The number of benzene rings is 6. The molecule has 0 aliphatic heterocycles. The number of fused-ring (bicyclic) bond motifs is 13. The standard InChI is InChI=1S/C36H21N3/c1-2-10-25-22(8-1)17-19-29-32(25)26-11-3-4-12-27(26)36-33(29)28-13-5-6-14-30(28)39(36)31-20-18-24-16-15-23-9-7-21-37-34(23)35(24)38-31/h1-21H. The highest BCUT2D eigenvalue weighted by Crippen LogP contribution is 2.44. The molecule has 3 nitrogen and oxygen atoms in total. The van der Waals surface area contributed by atoms with Gasteiger partial charge in [0.1, 0.15) is 5.82 Å². The van der Waals surface area contributed by atoms with Crippen molar-refractivity contribution in [2.75, 3.05) is 0 Å². The van der Waals surface area contributed by atoms with Crippen molar-refractivity contribution in [3.63, 3.8) is 0 Å². The maximum atomic E-state index is 5.28. The Bertz CT molecular complexity index is 2450. The van der Waals surface area contributed by atoms with Crippen molar-refractivity contribution < 1.29 is 0 Å². The van der Waals surface area contributed by atoms with Gasteiger partial charge in [-0.1, -0.05) is 97.1 Å². The van der Waals surface area contributed by atoms with E-state index >= 15 is 0 Å². The molecule has 0 aliphatic rings. The summed E-state index contributed by atoms with van der Waals surface area (Å²) in [6.45, 7) is 0. The molecule has 0 amide bonds. The first-order valence-corrected chi connectivity index (χ1v) is 13.3. The number of hydrogen-bond donors (Lipinski definition) is 0. The van der Waals surface area contributed by atoms with Crippen LogP contribution in [0.1, 0.15) is 0 Å². The Kier molecular flexibility index (Phi) is 4.05. The minimum Gasteiger partial charge on any atom is -0.293 e. The fraction of sp³-hybridized carbons (Fsp3) is 0. The zero-order valence-corrected chi connectivity index (χ0v) is 21.0. The van der Waals surface area contributed by atoms with Crippen LogP contribution < -0.4 is 0 Å². The van der Waals surface area contributed by atoms with Gasteiger partial charge in [0.25, 0.3) is 0 Å². The SMILES string of the molecule is c1ccc2c(c1)ccc1c2c2ccccc2c2c1c1ccccc1n2-c1ccc2ccc3cccnc3c2n1. The van der Waals surface area contributed by atoms with Gasteiger partial charge in [-0.15, -0.1) is 0 Å². The summed E-state index contributed by atoms with van der Waals surface area (Å²) in [5.41, 5.74) is 4.19. The first-order valence-electron chi connectivity index (χ1n) is 13.3. The van der Waals surface area contributed by atoms with E-state index in [0.29, 0.717) is 0 Å². The van der Waals surface area contributed by atoms with E-state index < -0.39 is 0 Å². The molecule has 9 aromatic rings. The molecule has 0 fully saturated rings. The minimum atomic E-state index is 0.900. The predicted molar refractivity (Wildman–Crippen MR) is 164 cm³/mol. The van der Waals surface area contributed by atoms with Gasteiger partial charge in [-0.05, 0) is 51.2 Å². The van der Waals surface area contributed by atoms with Gasteiger partial charge in [0.2, 0.25) is 0 Å². The molecule has 0 saturated heterocycles. The number of nitrogens with zero attached hydrogens (tertiary/aromatic N) is 3. The zero-order chi connectivity index (χ0) is 25.5. The largest absolute Gasteiger partial charge is 0.293 e. The van der Waals surface area contributed by atoms with Crippen LogP contribution in [0, 0.1) is 0 Å².